The van der Waals surface area contributed by atoms with Crippen molar-refractivity contribution < 1.29 is 0 Å². The molecule has 1 N–H and O–H groups in total. The zero-order valence-electron chi connectivity index (χ0n) is 10.3. The minimum absolute atomic E-state index is 0.396. The van der Waals surface area contributed by atoms with Crippen LogP contribution in [0.1, 0.15) is 18.5 Å². The molecule has 0 saturated carbocycles. The van der Waals surface area contributed by atoms with Crippen LogP contribution in [0.3, 0.4) is 0 Å². The van der Waals surface area contributed by atoms with Crippen molar-refractivity contribution in [1.29, 1.82) is 0 Å². The quantitative estimate of drug-likeness (QED) is 0.876. The summed E-state index contributed by atoms with van der Waals surface area (Å²) in [6.45, 7) is 2.20. The van der Waals surface area contributed by atoms with Crippen molar-refractivity contribution in [2.75, 3.05) is 18.6 Å². The first-order valence-corrected chi connectivity index (χ1v) is 7.10. The first-order chi connectivity index (χ1) is 8.36. The second kappa shape index (κ2) is 6.03. The van der Waals surface area contributed by atoms with Crippen LogP contribution in [-0.2, 0) is 0 Å². The molecule has 0 aliphatic heterocycles. The summed E-state index contributed by atoms with van der Waals surface area (Å²) >= 11 is 1.96. The Kier molecular flexibility index (Phi) is 4.40. The molecule has 1 atom stereocenters. The number of hydrogen-bond acceptors (Lipinski definition) is 3. The Hall–Kier alpha value is -1.06. The summed E-state index contributed by atoms with van der Waals surface area (Å²) < 4.78 is 0. The molecule has 0 radical (unpaired) electrons. The molecule has 1 heterocycles. The highest BCUT2D eigenvalue weighted by molar-refractivity contribution is 7.99. The fourth-order valence-corrected chi connectivity index (χ4v) is 2.82. The summed E-state index contributed by atoms with van der Waals surface area (Å²) in [6, 6.07) is 8.92. The lowest BCUT2D eigenvalue weighted by molar-refractivity contribution is 0.667. The van der Waals surface area contributed by atoms with Gasteiger partial charge in [-0.15, -0.1) is 0 Å². The number of nitrogens with one attached hydrogen (secondary N) is 1. The molecule has 0 fully saturated rings. The van der Waals surface area contributed by atoms with Gasteiger partial charge in [-0.3, -0.25) is 4.98 Å². The lowest BCUT2D eigenvalue weighted by atomic mass is 10.0. The normalized spacial score (nSPS) is 12.8. The molecular formula is C14H18N2S. The highest BCUT2D eigenvalue weighted by Crippen LogP contribution is 2.25. The Bertz CT molecular complexity index is 479. The number of nitrogens with zero attached hydrogens (tertiary/aromatic N) is 1. The van der Waals surface area contributed by atoms with Crippen molar-refractivity contribution in [2.45, 2.75) is 13.0 Å². The van der Waals surface area contributed by atoms with Gasteiger partial charge in [0.15, 0.2) is 0 Å². The van der Waals surface area contributed by atoms with Crippen LogP contribution in [0.2, 0.25) is 0 Å². The number of thioether (sulfide) groups is 1. The van der Waals surface area contributed by atoms with Crippen LogP contribution in [0.15, 0.2) is 36.7 Å². The van der Waals surface area contributed by atoms with E-state index in [-0.39, 0.29) is 0 Å². The summed E-state index contributed by atoms with van der Waals surface area (Å²) in [4.78, 5) is 4.24. The van der Waals surface area contributed by atoms with E-state index in [1.54, 1.807) is 0 Å². The SMILES string of the molecule is CCSCC(NC)c1cccc2ccncc12. The van der Waals surface area contributed by atoms with Gasteiger partial charge in [-0.2, -0.15) is 11.8 Å². The number of rotatable bonds is 5. The van der Waals surface area contributed by atoms with Crippen LogP contribution >= 0.6 is 11.8 Å². The van der Waals surface area contributed by atoms with E-state index in [1.807, 2.05) is 31.2 Å². The van der Waals surface area contributed by atoms with E-state index in [9.17, 15) is 0 Å². The molecule has 2 aromatic rings. The van der Waals surface area contributed by atoms with Crippen LogP contribution in [0.5, 0.6) is 0 Å². The van der Waals surface area contributed by atoms with Gasteiger partial charge in [0.2, 0.25) is 0 Å². The van der Waals surface area contributed by atoms with Gasteiger partial charge in [0.1, 0.15) is 0 Å². The van der Waals surface area contributed by atoms with E-state index in [0.717, 1.165) is 11.5 Å². The van der Waals surface area contributed by atoms with Gasteiger partial charge in [0.05, 0.1) is 0 Å². The predicted octanol–water partition coefficient (Wildman–Crippen LogP) is 3.25. The Morgan fingerprint density at radius 2 is 2.24 bits per heavy atom. The lowest BCUT2D eigenvalue weighted by Crippen LogP contribution is -2.19. The summed E-state index contributed by atoms with van der Waals surface area (Å²) in [5.74, 6) is 2.25. The maximum Gasteiger partial charge on any atom is 0.0416 e. The monoisotopic (exact) mass is 246 g/mol. The first kappa shape index (κ1) is 12.4. The molecule has 1 aromatic carbocycles. The van der Waals surface area contributed by atoms with Gasteiger partial charge in [-0.05, 0) is 29.8 Å². The summed E-state index contributed by atoms with van der Waals surface area (Å²) in [6.07, 6.45) is 3.81. The van der Waals surface area contributed by atoms with Crippen LogP contribution in [0.25, 0.3) is 10.8 Å². The molecule has 0 amide bonds. The zero-order chi connectivity index (χ0) is 12.1. The number of benzene rings is 1. The summed E-state index contributed by atoms with van der Waals surface area (Å²) in [5, 5.41) is 5.92. The third kappa shape index (κ3) is 2.79. The average Bonchev–Trinajstić information content (AvgIpc) is 2.40. The minimum atomic E-state index is 0.396. The number of hydrogen-bond donors (Lipinski definition) is 1. The minimum Gasteiger partial charge on any atom is -0.312 e. The Morgan fingerprint density at radius 3 is 3.00 bits per heavy atom. The summed E-state index contributed by atoms with van der Waals surface area (Å²) in [7, 11) is 2.02. The molecular weight excluding hydrogens is 228 g/mol. The van der Waals surface area contributed by atoms with Crippen molar-refractivity contribution in [3.8, 4) is 0 Å². The number of aromatic nitrogens is 1. The van der Waals surface area contributed by atoms with Gasteiger partial charge in [0.25, 0.3) is 0 Å². The van der Waals surface area contributed by atoms with E-state index in [2.05, 4.69) is 41.5 Å². The van der Waals surface area contributed by atoms with E-state index < -0.39 is 0 Å². The molecule has 0 aliphatic rings. The van der Waals surface area contributed by atoms with E-state index in [4.69, 9.17) is 0 Å². The third-order valence-electron chi connectivity index (χ3n) is 2.93. The van der Waals surface area contributed by atoms with Crippen LogP contribution < -0.4 is 5.32 Å². The lowest BCUT2D eigenvalue weighted by Gasteiger charge is -2.17. The smallest absolute Gasteiger partial charge is 0.0416 e. The van der Waals surface area contributed by atoms with Crippen LogP contribution in [0, 0.1) is 0 Å². The molecule has 2 rings (SSSR count). The Labute approximate surface area is 107 Å². The number of fused-ring (bicyclic) bond motifs is 1. The zero-order valence-corrected chi connectivity index (χ0v) is 11.1. The van der Waals surface area contributed by atoms with Crippen molar-refractivity contribution in [3.63, 3.8) is 0 Å². The Balaban J connectivity index is 2.38. The first-order valence-electron chi connectivity index (χ1n) is 5.94. The van der Waals surface area contributed by atoms with Crippen molar-refractivity contribution in [3.05, 3.63) is 42.2 Å². The van der Waals surface area contributed by atoms with E-state index in [0.29, 0.717) is 6.04 Å². The summed E-state index contributed by atoms with van der Waals surface area (Å²) in [5.41, 5.74) is 1.35. The molecule has 1 unspecified atom stereocenters. The molecule has 1 aromatic heterocycles. The average molecular weight is 246 g/mol. The molecule has 3 heteroatoms. The predicted molar refractivity (Wildman–Crippen MR) is 76.5 cm³/mol. The van der Waals surface area contributed by atoms with Crippen LogP contribution in [0.4, 0.5) is 0 Å². The van der Waals surface area contributed by atoms with Gasteiger partial charge in [-0.1, -0.05) is 25.1 Å². The molecule has 0 bridgehead atoms. The number of pyridine rings is 1. The van der Waals surface area contributed by atoms with E-state index >= 15 is 0 Å². The van der Waals surface area contributed by atoms with Crippen molar-refractivity contribution in [2.24, 2.45) is 0 Å². The standard InChI is InChI=1S/C14H18N2S/c1-3-17-10-14(15-2)12-6-4-5-11-7-8-16-9-13(11)12/h4-9,14-15H,3,10H2,1-2H3. The molecule has 0 spiro atoms. The van der Waals surface area contributed by atoms with Crippen molar-refractivity contribution >= 4 is 22.5 Å². The second-order valence-corrected chi connectivity index (χ2v) is 5.26. The van der Waals surface area contributed by atoms with Gasteiger partial charge < -0.3 is 5.32 Å². The van der Waals surface area contributed by atoms with Crippen molar-refractivity contribution in [1.82, 2.24) is 10.3 Å². The largest absolute Gasteiger partial charge is 0.312 e. The topological polar surface area (TPSA) is 24.9 Å². The molecule has 17 heavy (non-hydrogen) atoms. The molecule has 90 valence electrons. The highest BCUT2D eigenvalue weighted by Gasteiger charge is 2.11. The fraction of sp³-hybridized carbons (Fsp3) is 0.357. The molecule has 0 saturated heterocycles. The van der Waals surface area contributed by atoms with Gasteiger partial charge >= 0.3 is 0 Å². The fourth-order valence-electron chi connectivity index (χ4n) is 2.01. The highest BCUT2D eigenvalue weighted by atomic mass is 32.2. The van der Waals surface area contributed by atoms with Gasteiger partial charge in [-0.25, -0.2) is 0 Å². The van der Waals surface area contributed by atoms with Gasteiger partial charge in [0, 0.05) is 29.6 Å². The second-order valence-electron chi connectivity index (χ2n) is 3.94. The third-order valence-corrected chi connectivity index (χ3v) is 3.91. The molecule has 0 aliphatic carbocycles. The van der Waals surface area contributed by atoms with E-state index in [1.165, 1.54) is 16.3 Å². The van der Waals surface area contributed by atoms with Crippen LogP contribution in [-0.4, -0.2) is 23.5 Å². The molecule has 2 nitrogen and oxygen atoms in total. The Morgan fingerprint density at radius 1 is 1.35 bits per heavy atom. The maximum absolute atomic E-state index is 4.24. The maximum atomic E-state index is 4.24.